The van der Waals surface area contributed by atoms with Gasteiger partial charge >= 0.3 is 0 Å². The van der Waals surface area contributed by atoms with Gasteiger partial charge in [-0.25, -0.2) is 0 Å². The normalized spacial score (nSPS) is 11.9. The first-order valence-electron chi connectivity index (χ1n) is 6.96. The van der Waals surface area contributed by atoms with Crippen molar-refractivity contribution in [1.82, 2.24) is 5.32 Å². The van der Waals surface area contributed by atoms with Crippen molar-refractivity contribution >= 4 is 23.0 Å². The molecule has 0 bridgehead atoms. The number of thiocarbonyl (C=S) groups is 1. The zero-order valence-corrected chi connectivity index (χ0v) is 12.6. The Morgan fingerprint density at radius 1 is 1.26 bits per heavy atom. The summed E-state index contributed by atoms with van der Waals surface area (Å²) < 4.78 is 0. The molecule has 3 N–H and O–H groups in total. The standard InChI is InChI=1S/C15H24N2OS/c1-3-5-6-12-7-9-14(10-8-12)17-15(19)16-13(4-2)11-18/h7-10,13,18H,3-6,11H2,1-2H3,(H2,16,17,19)/t13-/m0/s1. The number of aliphatic hydroxyl groups is 1. The number of aliphatic hydroxyl groups excluding tert-OH is 1. The molecule has 0 saturated carbocycles. The van der Waals surface area contributed by atoms with Crippen molar-refractivity contribution in [2.45, 2.75) is 45.6 Å². The lowest BCUT2D eigenvalue weighted by atomic mass is 10.1. The summed E-state index contributed by atoms with van der Waals surface area (Å²) in [6.45, 7) is 4.30. The SMILES string of the molecule is CCCCc1ccc(NC(=S)N[C@@H](CC)CO)cc1. The number of unbranched alkanes of at least 4 members (excludes halogenated alkanes) is 1. The monoisotopic (exact) mass is 280 g/mol. The van der Waals surface area contributed by atoms with Crippen molar-refractivity contribution < 1.29 is 5.11 Å². The smallest absolute Gasteiger partial charge is 0.171 e. The maximum atomic E-state index is 9.11. The molecule has 0 radical (unpaired) electrons. The summed E-state index contributed by atoms with van der Waals surface area (Å²) in [5.41, 5.74) is 2.33. The van der Waals surface area contributed by atoms with Gasteiger partial charge in [0.15, 0.2) is 5.11 Å². The molecule has 1 aromatic carbocycles. The lowest BCUT2D eigenvalue weighted by Gasteiger charge is -2.17. The molecule has 0 fully saturated rings. The lowest BCUT2D eigenvalue weighted by Crippen LogP contribution is -2.39. The zero-order valence-electron chi connectivity index (χ0n) is 11.8. The summed E-state index contributed by atoms with van der Waals surface area (Å²) in [5, 5.41) is 15.9. The number of rotatable bonds is 7. The number of anilines is 1. The second-order valence-corrected chi connectivity index (χ2v) is 5.09. The highest BCUT2D eigenvalue weighted by Crippen LogP contribution is 2.11. The van der Waals surface area contributed by atoms with E-state index in [2.05, 4.69) is 29.7 Å². The Morgan fingerprint density at radius 3 is 2.47 bits per heavy atom. The second kappa shape index (κ2) is 8.88. The maximum absolute atomic E-state index is 9.11. The molecule has 19 heavy (non-hydrogen) atoms. The first-order chi connectivity index (χ1) is 9.19. The van der Waals surface area contributed by atoms with Gasteiger partial charge in [-0.05, 0) is 49.2 Å². The molecule has 0 saturated heterocycles. The van der Waals surface area contributed by atoms with Gasteiger partial charge in [-0.15, -0.1) is 0 Å². The van der Waals surface area contributed by atoms with Gasteiger partial charge in [0, 0.05) is 5.69 Å². The summed E-state index contributed by atoms with van der Waals surface area (Å²) in [6, 6.07) is 8.36. The van der Waals surface area contributed by atoms with Crippen molar-refractivity contribution in [3.05, 3.63) is 29.8 Å². The minimum atomic E-state index is 0.0174. The Labute approximate surface area is 121 Å². The van der Waals surface area contributed by atoms with Gasteiger partial charge < -0.3 is 15.7 Å². The third-order valence-electron chi connectivity index (χ3n) is 3.08. The molecular formula is C15H24N2OS. The molecule has 0 aliphatic carbocycles. The summed E-state index contributed by atoms with van der Waals surface area (Å²) in [4.78, 5) is 0. The molecule has 4 heteroatoms. The van der Waals surface area contributed by atoms with Gasteiger partial charge in [0.05, 0.1) is 12.6 Å². The topological polar surface area (TPSA) is 44.3 Å². The van der Waals surface area contributed by atoms with Gasteiger partial charge in [-0.1, -0.05) is 32.4 Å². The van der Waals surface area contributed by atoms with E-state index in [9.17, 15) is 0 Å². The quantitative estimate of drug-likeness (QED) is 0.672. The fourth-order valence-corrected chi connectivity index (χ4v) is 2.05. The molecule has 0 aliphatic heterocycles. The molecule has 106 valence electrons. The summed E-state index contributed by atoms with van der Waals surface area (Å²) in [5.74, 6) is 0. The summed E-state index contributed by atoms with van der Waals surface area (Å²) >= 11 is 5.21. The number of hydrogen-bond donors (Lipinski definition) is 3. The van der Waals surface area contributed by atoms with Crippen LogP contribution in [0.3, 0.4) is 0 Å². The van der Waals surface area contributed by atoms with Crippen LogP contribution in [0, 0.1) is 0 Å². The highest BCUT2D eigenvalue weighted by molar-refractivity contribution is 7.80. The van der Waals surface area contributed by atoms with Gasteiger partial charge in [0.1, 0.15) is 0 Å². The molecule has 0 amide bonds. The third-order valence-corrected chi connectivity index (χ3v) is 3.30. The minimum absolute atomic E-state index is 0.0174. The Kier molecular flexibility index (Phi) is 7.45. The third kappa shape index (κ3) is 6.03. The van der Waals surface area contributed by atoms with E-state index in [1.807, 2.05) is 19.1 Å². The Morgan fingerprint density at radius 2 is 1.95 bits per heavy atom. The largest absolute Gasteiger partial charge is 0.394 e. The van der Waals surface area contributed by atoms with E-state index in [1.54, 1.807) is 0 Å². The van der Waals surface area contributed by atoms with E-state index in [1.165, 1.54) is 18.4 Å². The van der Waals surface area contributed by atoms with Crippen LogP contribution in [0.1, 0.15) is 38.7 Å². The predicted molar refractivity (Wildman–Crippen MR) is 85.6 cm³/mol. The van der Waals surface area contributed by atoms with Crippen LogP contribution in [0.4, 0.5) is 5.69 Å². The van der Waals surface area contributed by atoms with Gasteiger partial charge in [0.25, 0.3) is 0 Å². The van der Waals surface area contributed by atoms with E-state index in [0.29, 0.717) is 5.11 Å². The van der Waals surface area contributed by atoms with Crippen LogP contribution in [0.15, 0.2) is 24.3 Å². The Bertz CT molecular complexity index is 374. The molecule has 1 rings (SSSR count). The summed E-state index contributed by atoms with van der Waals surface area (Å²) in [6.07, 6.45) is 4.41. The highest BCUT2D eigenvalue weighted by Gasteiger charge is 2.06. The molecule has 0 spiro atoms. The van der Waals surface area contributed by atoms with Crippen LogP contribution in [0.25, 0.3) is 0 Å². The molecule has 0 unspecified atom stereocenters. The van der Waals surface area contributed by atoms with Crippen molar-refractivity contribution in [1.29, 1.82) is 0 Å². The van der Waals surface area contributed by atoms with E-state index >= 15 is 0 Å². The van der Waals surface area contributed by atoms with Gasteiger partial charge in [0.2, 0.25) is 0 Å². The van der Waals surface area contributed by atoms with Gasteiger partial charge in [-0.2, -0.15) is 0 Å². The Balaban J connectivity index is 2.46. The van der Waals surface area contributed by atoms with E-state index in [0.717, 1.165) is 18.5 Å². The van der Waals surface area contributed by atoms with Crippen LogP contribution in [0.5, 0.6) is 0 Å². The highest BCUT2D eigenvalue weighted by atomic mass is 32.1. The molecular weight excluding hydrogens is 256 g/mol. The molecule has 3 nitrogen and oxygen atoms in total. The number of benzene rings is 1. The average molecular weight is 280 g/mol. The van der Waals surface area contributed by atoms with Gasteiger partial charge in [-0.3, -0.25) is 0 Å². The molecule has 1 aromatic rings. The van der Waals surface area contributed by atoms with Crippen molar-refractivity contribution in [3.63, 3.8) is 0 Å². The van der Waals surface area contributed by atoms with E-state index in [-0.39, 0.29) is 12.6 Å². The average Bonchev–Trinajstić information content (AvgIpc) is 2.44. The van der Waals surface area contributed by atoms with Crippen LogP contribution in [-0.4, -0.2) is 22.9 Å². The fraction of sp³-hybridized carbons (Fsp3) is 0.533. The van der Waals surface area contributed by atoms with Crippen molar-refractivity contribution in [2.75, 3.05) is 11.9 Å². The molecule has 1 atom stereocenters. The molecule has 0 aliphatic rings. The van der Waals surface area contributed by atoms with Crippen LogP contribution >= 0.6 is 12.2 Å². The number of aryl methyl sites for hydroxylation is 1. The first-order valence-corrected chi connectivity index (χ1v) is 7.37. The molecule has 0 heterocycles. The summed E-state index contributed by atoms with van der Waals surface area (Å²) in [7, 11) is 0. The lowest BCUT2D eigenvalue weighted by molar-refractivity contribution is 0.253. The molecule has 0 aromatic heterocycles. The predicted octanol–water partition coefficient (Wildman–Crippen LogP) is 3.09. The maximum Gasteiger partial charge on any atom is 0.171 e. The number of nitrogens with one attached hydrogen (secondary N) is 2. The fourth-order valence-electron chi connectivity index (χ4n) is 1.77. The minimum Gasteiger partial charge on any atom is -0.394 e. The first kappa shape index (κ1) is 15.9. The van der Waals surface area contributed by atoms with Crippen LogP contribution in [-0.2, 0) is 6.42 Å². The van der Waals surface area contributed by atoms with E-state index in [4.69, 9.17) is 17.3 Å². The number of hydrogen-bond acceptors (Lipinski definition) is 2. The van der Waals surface area contributed by atoms with Crippen LogP contribution < -0.4 is 10.6 Å². The van der Waals surface area contributed by atoms with Crippen molar-refractivity contribution in [3.8, 4) is 0 Å². The van der Waals surface area contributed by atoms with Crippen LogP contribution in [0.2, 0.25) is 0 Å². The van der Waals surface area contributed by atoms with Crippen molar-refractivity contribution in [2.24, 2.45) is 0 Å². The Hall–Kier alpha value is -1.13. The second-order valence-electron chi connectivity index (χ2n) is 4.69. The zero-order chi connectivity index (χ0) is 14.1. The van der Waals surface area contributed by atoms with E-state index < -0.39 is 0 Å².